The van der Waals surface area contributed by atoms with Crippen LogP contribution in [0.25, 0.3) is 0 Å². The molecule has 4 N–H and O–H groups in total. The van der Waals surface area contributed by atoms with Gasteiger partial charge in [0.1, 0.15) is 0 Å². The summed E-state index contributed by atoms with van der Waals surface area (Å²) in [5.74, 6) is 0.0424. The molecule has 1 unspecified atom stereocenters. The van der Waals surface area contributed by atoms with Crippen molar-refractivity contribution in [1.29, 1.82) is 0 Å². The molecule has 0 bridgehead atoms. The van der Waals surface area contributed by atoms with Crippen LogP contribution in [0.1, 0.15) is 46.0 Å². The number of benzene rings is 1. The molecule has 0 heterocycles. The quantitative estimate of drug-likeness (QED) is 0.504. The van der Waals surface area contributed by atoms with Gasteiger partial charge < -0.3 is 5.73 Å². The number of nitrogens with one attached hydrogen (secondary N) is 2. The van der Waals surface area contributed by atoms with Gasteiger partial charge in [-0.05, 0) is 37.1 Å². The maximum atomic E-state index is 12.4. The number of hydrogen-bond acceptors (Lipinski definition) is 5. The zero-order valence-corrected chi connectivity index (χ0v) is 16.5. The second-order valence-corrected chi connectivity index (χ2v) is 9.55. The average molecular weight is 392 g/mol. The first-order chi connectivity index (χ1) is 11.7. The standard InChI is InChI=1S/C16H29N3O4S2/c1-3-5-7-15(13-17)19-25(22,23)16-10-8-14(9-11-16)18-24(20,21)12-6-4-2/h8-11,15,18-19H,3-7,12-13,17H2,1-2H3. The number of sulfonamides is 2. The van der Waals surface area contributed by atoms with Crippen molar-refractivity contribution in [2.24, 2.45) is 5.73 Å². The van der Waals surface area contributed by atoms with Crippen molar-refractivity contribution in [2.75, 3.05) is 17.0 Å². The van der Waals surface area contributed by atoms with Crippen LogP contribution in [0.2, 0.25) is 0 Å². The molecular formula is C16H29N3O4S2. The average Bonchev–Trinajstić information content (AvgIpc) is 2.57. The molecule has 0 fully saturated rings. The molecule has 25 heavy (non-hydrogen) atoms. The van der Waals surface area contributed by atoms with Crippen molar-refractivity contribution in [1.82, 2.24) is 4.72 Å². The van der Waals surface area contributed by atoms with E-state index in [0.717, 1.165) is 19.3 Å². The monoisotopic (exact) mass is 391 g/mol. The Morgan fingerprint density at radius 2 is 1.60 bits per heavy atom. The van der Waals surface area contributed by atoms with E-state index in [4.69, 9.17) is 5.73 Å². The summed E-state index contributed by atoms with van der Waals surface area (Å²) < 4.78 is 53.6. The van der Waals surface area contributed by atoms with Crippen LogP contribution < -0.4 is 15.2 Å². The number of rotatable bonds is 12. The summed E-state index contributed by atoms with van der Waals surface area (Å²) in [5, 5.41) is 0. The Labute approximate surface area is 151 Å². The van der Waals surface area contributed by atoms with Gasteiger partial charge in [-0.2, -0.15) is 0 Å². The fourth-order valence-electron chi connectivity index (χ4n) is 2.23. The van der Waals surface area contributed by atoms with Crippen molar-refractivity contribution < 1.29 is 16.8 Å². The van der Waals surface area contributed by atoms with E-state index in [1.54, 1.807) is 0 Å². The van der Waals surface area contributed by atoms with Crippen LogP contribution in [0.4, 0.5) is 5.69 Å². The SMILES string of the molecule is CCCCC(CN)NS(=O)(=O)c1ccc(NS(=O)(=O)CCCC)cc1. The van der Waals surface area contributed by atoms with Crippen LogP contribution in [0.5, 0.6) is 0 Å². The maximum Gasteiger partial charge on any atom is 0.240 e. The van der Waals surface area contributed by atoms with Crippen LogP contribution in [0.15, 0.2) is 29.2 Å². The normalized spacial score (nSPS) is 13.6. The van der Waals surface area contributed by atoms with Crippen molar-refractivity contribution in [3.8, 4) is 0 Å². The van der Waals surface area contributed by atoms with E-state index in [1.165, 1.54) is 24.3 Å². The molecule has 1 aromatic rings. The van der Waals surface area contributed by atoms with E-state index >= 15 is 0 Å². The summed E-state index contributed by atoms with van der Waals surface area (Å²) in [6.07, 6.45) is 3.89. The molecule has 1 aromatic carbocycles. The number of unbranched alkanes of at least 4 members (excludes halogenated alkanes) is 2. The third-order valence-corrected chi connectivity index (χ3v) is 6.63. The topological polar surface area (TPSA) is 118 Å². The molecule has 0 aliphatic carbocycles. The second kappa shape index (κ2) is 10.1. The summed E-state index contributed by atoms with van der Waals surface area (Å²) in [4.78, 5) is 0.0824. The molecule has 144 valence electrons. The van der Waals surface area contributed by atoms with Gasteiger partial charge in [0.25, 0.3) is 0 Å². The van der Waals surface area contributed by atoms with Gasteiger partial charge >= 0.3 is 0 Å². The lowest BCUT2D eigenvalue weighted by Crippen LogP contribution is -2.40. The third kappa shape index (κ3) is 7.72. The highest BCUT2D eigenvalue weighted by Crippen LogP contribution is 2.16. The van der Waals surface area contributed by atoms with E-state index < -0.39 is 20.0 Å². The molecule has 0 saturated heterocycles. The van der Waals surface area contributed by atoms with E-state index in [9.17, 15) is 16.8 Å². The highest BCUT2D eigenvalue weighted by atomic mass is 32.2. The van der Waals surface area contributed by atoms with Crippen LogP contribution >= 0.6 is 0 Å². The van der Waals surface area contributed by atoms with Gasteiger partial charge in [-0.1, -0.05) is 33.1 Å². The summed E-state index contributed by atoms with van der Waals surface area (Å²) in [6.45, 7) is 4.17. The molecule has 0 spiro atoms. The Bertz CT molecular complexity index is 716. The van der Waals surface area contributed by atoms with Crippen LogP contribution in [-0.4, -0.2) is 35.2 Å². The van der Waals surface area contributed by atoms with E-state index in [-0.39, 0.29) is 23.2 Å². The van der Waals surface area contributed by atoms with Crippen molar-refractivity contribution in [3.05, 3.63) is 24.3 Å². The first kappa shape index (κ1) is 21.9. The van der Waals surface area contributed by atoms with Gasteiger partial charge in [0.05, 0.1) is 10.6 Å². The highest BCUT2D eigenvalue weighted by Gasteiger charge is 2.19. The van der Waals surface area contributed by atoms with Crippen LogP contribution in [-0.2, 0) is 20.0 Å². The van der Waals surface area contributed by atoms with Crippen molar-refractivity contribution in [2.45, 2.75) is 56.9 Å². The molecule has 1 rings (SSSR count). The predicted octanol–water partition coefficient (Wildman–Crippen LogP) is 2.02. The molecule has 0 aromatic heterocycles. The Morgan fingerprint density at radius 1 is 1.00 bits per heavy atom. The number of anilines is 1. The van der Waals surface area contributed by atoms with Crippen LogP contribution in [0, 0.1) is 0 Å². The van der Waals surface area contributed by atoms with E-state index in [0.29, 0.717) is 18.5 Å². The lowest BCUT2D eigenvalue weighted by Gasteiger charge is -2.17. The fourth-order valence-corrected chi connectivity index (χ4v) is 4.78. The number of nitrogens with two attached hydrogens (primary N) is 1. The summed E-state index contributed by atoms with van der Waals surface area (Å²) in [6, 6.07) is 5.35. The molecule has 9 heteroatoms. The maximum absolute atomic E-state index is 12.4. The second-order valence-electron chi connectivity index (χ2n) is 6.00. The molecule has 1 atom stereocenters. The largest absolute Gasteiger partial charge is 0.329 e. The molecule has 0 radical (unpaired) electrons. The van der Waals surface area contributed by atoms with Crippen molar-refractivity contribution in [3.63, 3.8) is 0 Å². The molecule has 0 aliphatic heterocycles. The summed E-state index contributed by atoms with van der Waals surface area (Å²) in [7, 11) is -7.09. The predicted molar refractivity (Wildman–Crippen MR) is 101 cm³/mol. The van der Waals surface area contributed by atoms with Crippen molar-refractivity contribution >= 4 is 25.7 Å². The van der Waals surface area contributed by atoms with Gasteiger partial charge in [0.15, 0.2) is 0 Å². The zero-order valence-electron chi connectivity index (χ0n) is 14.9. The van der Waals surface area contributed by atoms with E-state index in [2.05, 4.69) is 9.44 Å². The molecule has 7 nitrogen and oxygen atoms in total. The first-order valence-electron chi connectivity index (χ1n) is 8.57. The lowest BCUT2D eigenvalue weighted by atomic mass is 10.1. The molecular weight excluding hydrogens is 362 g/mol. The van der Waals surface area contributed by atoms with Gasteiger partial charge in [-0.15, -0.1) is 0 Å². The molecule has 0 amide bonds. The smallest absolute Gasteiger partial charge is 0.240 e. The Morgan fingerprint density at radius 3 is 2.12 bits per heavy atom. The Hall–Kier alpha value is -1.16. The van der Waals surface area contributed by atoms with E-state index in [1.807, 2.05) is 13.8 Å². The summed E-state index contributed by atoms with van der Waals surface area (Å²) >= 11 is 0. The minimum atomic E-state index is -3.68. The third-order valence-electron chi connectivity index (χ3n) is 3.72. The highest BCUT2D eigenvalue weighted by molar-refractivity contribution is 7.92. The first-order valence-corrected chi connectivity index (χ1v) is 11.7. The van der Waals surface area contributed by atoms with Gasteiger partial charge in [0, 0.05) is 18.3 Å². The molecule has 0 aliphatic rings. The number of hydrogen-bond donors (Lipinski definition) is 3. The summed E-state index contributed by atoms with van der Waals surface area (Å²) in [5.41, 5.74) is 5.97. The fraction of sp³-hybridized carbons (Fsp3) is 0.625. The Kier molecular flexibility index (Phi) is 8.84. The minimum Gasteiger partial charge on any atom is -0.329 e. The van der Waals surface area contributed by atoms with Crippen LogP contribution in [0.3, 0.4) is 0 Å². The zero-order chi connectivity index (χ0) is 18.9. The Balaban J connectivity index is 2.80. The lowest BCUT2D eigenvalue weighted by molar-refractivity contribution is 0.516. The van der Waals surface area contributed by atoms with Gasteiger partial charge in [0.2, 0.25) is 20.0 Å². The van der Waals surface area contributed by atoms with Gasteiger partial charge in [-0.25, -0.2) is 21.6 Å². The van der Waals surface area contributed by atoms with Gasteiger partial charge in [-0.3, -0.25) is 4.72 Å². The molecule has 0 saturated carbocycles. The minimum absolute atomic E-state index is 0.0424.